The van der Waals surface area contributed by atoms with Crippen molar-refractivity contribution in [2.24, 2.45) is 0 Å². The van der Waals surface area contributed by atoms with Crippen LogP contribution in [0.25, 0.3) is 11.4 Å². The molecule has 20 heteroatoms. The summed E-state index contributed by atoms with van der Waals surface area (Å²) in [4.78, 5) is 136. The average Bonchev–Trinajstić information content (AvgIpc) is 1.64. The standard InChI is InChI=1S/C66H78N8O12/c1-7-55(77)85-35-19-15-22-54(76)48-37-47(53(75)21-14-13-17-33-73(9-3)10-4)39-51(40-48)69-63(81)45-27-23-43(24-28-45)59-57-58(66(84)71-59)60(72-65(57)83)44-25-29-46(30-26-44)64(82)70-52-41-49(61(79)67-31-16-18-34-74(11-5)12-6)38-50(42-52)62(80)68-32-20-36-86-56(78)8-2/h7-8,23-30,37-42H,1-2,9-22,31-36H2,3-6H3,(H,67,79)(H,68,80)(H,69,81)(H,70,82)(H,71,84)(H,72,83). The smallest absolute Gasteiger partial charge is 0.330 e. The first-order valence-electron chi connectivity index (χ1n) is 29.4. The topological polar surface area (TPSA) is 268 Å². The van der Waals surface area contributed by atoms with Crippen LogP contribution in [0.2, 0.25) is 0 Å². The van der Waals surface area contributed by atoms with Crippen LogP contribution >= 0.6 is 0 Å². The predicted octanol–water partition coefficient (Wildman–Crippen LogP) is 8.44. The molecule has 0 aliphatic carbocycles. The van der Waals surface area contributed by atoms with E-state index in [1.54, 1.807) is 36.4 Å². The molecule has 2 heterocycles. The Morgan fingerprint density at radius 3 is 1.27 bits per heavy atom. The largest absolute Gasteiger partial charge is 0.463 e. The Morgan fingerprint density at radius 2 is 0.837 bits per heavy atom. The van der Waals surface area contributed by atoms with Crippen molar-refractivity contribution in [3.8, 4) is 0 Å². The molecule has 6 rings (SSSR count). The molecule has 2 aliphatic heterocycles. The highest BCUT2D eigenvalue weighted by Gasteiger charge is 2.41. The molecule has 0 fully saturated rings. The van der Waals surface area contributed by atoms with E-state index in [1.807, 2.05) is 0 Å². The number of amides is 6. The van der Waals surface area contributed by atoms with Gasteiger partial charge < -0.3 is 51.2 Å². The lowest BCUT2D eigenvalue weighted by Gasteiger charge is -2.17. The second-order valence-corrected chi connectivity index (χ2v) is 20.6. The van der Waals surface area contributed by atoms with Crippen LogP contribution in [0.3, 0.4) is 0 Å². The van der Waals surface area contributed by atoms with Crippen LogP contribution in [-0.4, -0.2) is 134 Å². The van der Waals surface area contributed by atoms with Gasteiger partial charge in [-0.05, 0) is 156 Å². The van der Waals surface area contributed by atoms with Crippen LogP contribution in [0.15, 0.2) is 121 Å². The van der Waals surface area contributed by atoms with Crippen LogP contribution in [0.1, 0.15) is 165 Å². The first-order chi connectivity index (χ1) is 41.5. The first kappa shape index (κ1) is 66.0. The van der Waals surface area contributed by atoms with Crippen LogP contribution in [0.5, 0.6) is 0 Å². The number of nitrogens with one attached hydrogen (secondary N) is 6. The van der Waals surface area contributed by atoms with E-state index >= 15 is 0 Å². The quantitative estimate of drug-likeness (QED) is 0.0108. The Balaban J connectivity index is 1.15. The number of fused-ring (bicyclic) bond motifs is 1. The number of carbonyl (C=O) groups is 10. The van der Waals surface area contributed by atoms with Gasteiger partial charge in [0.15, 0.2) is 11.6 Å². The molecule has 0 aromatic heterocycles. The van der Waals surface area contributed by atoms with Gasteiger partial charge in [-0.1, -0.05) is 71.5 Å². The fourth-order valence-corrected chi connectivity index (χ4v) is 9.74. The van der Waals surface area contributed by atoms with Crippen molar-refractivity contribution < 1.29 is 57.4 Å². The first-order valence-corrected chi connectivity index (χ1v) is 29.4. The van der Waals surface area contributed by atoms with Crippen LogP contribution in [-0.2, 0) is 28.7 Å². The Morgan fingerprint density at radius 1 is 0.453 bits per heavy atom. The van der Waals surface area contributed by atoms with E-state index in [4.69, 9.17) is 9.47 Å². The monoisotopic (exact) mass is 1170 g/mol. The summed E-state index contributed by atoms with van der Waals surface area (Å²) in [6.07, 6.45) is 7.75. The Bertz CT molecular complexity index is 3030. The number of rotatable bonds is 36. The summed E-state index contributed by atoms with van der Waals surface area (Å²) >= 11 is 0. The van der Waals surface area contributed by atoms with E-state index in [-0.39, 0.29) is 106 Å². The van der Waals surface area contributed by atoms with Crippen molar-refractivity contribution in [1.29, 1.82) is 0 Å². The molecule has 0 atom stereocenters. The van der Waals surface area contributed by atoms with Crippen LogP contribution in [0, 0.1) is 0 Å². The average molecular weight is 1180 g/mol. The van der Waals surface area contributed by atoms with E-state index in [0.717, 1.165) is 77.1 Å². The minimum atomic E-state index is -0.586. The third-order valence-electron chi connectivity index (χ3n) is 14.7. The number of esters is 2. The van der Waals surface area contributed by atoms with Crippen LogP contribution in [0.4, 0.5) is 11.4 Å². The van der Waals surface area contributed by atoms with E-state index in [2.05, 4.69) is 82.6 Å². The summed E-state index contributed by atoms with van der Waals surface area (Å²) in [5.74, 6) is -4.72. The lowest BCUT2D eigenvalue weighted by atomic mass is 9.98. The Labute approximate surface area is 502 Å². The van der Waals surface area contributed by atoms with E-state index in [1.165, 1.54) is 48.5 Å². The third kappa shape index (κ3) is 18.9. The zero-order valence-corrected chi connectivity index (χ0v) is 49.6. The summed E-state index contributed by atoms with van der Waals surface area (Å²) in [6, 6.07) is 21.3. The van der Waals surface area contributed by atoms with E-state index < -0.39 is 47.4 Å². The molecule has 86 heavy (non-hydrogen) atoms. The van der Waals surface area contributed by atoms with Crippen molar-refractivity contribution >= 4 is 81.7 Å². The Kier molecular flexibility index (Phi) is 25.6. The SMILES string of the molecule is C=CC(=O)OCCCCC(=O)c1cc(NC(=O)c2ccc(C3=C4C(=O)NC(c5ccc(C(=O)Nc6cc(C(=O)NCCCCN(CC)CC)cc(C(=O)NCCCOC(=O)C=C)c6)cc5)=C4C(=O)N3)cc2)cc(C(=O)CCCCCN(CC)CC)c1. The number of anilines is 2. The van der Waals surface area contributed by atoms with Gasteiger partial charge in [0, 0.05) is 82.8 Å². The molecule has 0 saturated carbocycles. The molecule has 4 aromatic rings. The predicted molar refractivity (Wildman–Crippen MR) is 329 cm³/mol. The third-order valence-corrected chi connectivity index (χ3v) is 14.7. The van der Waals surface area contributed by atoms with Gasteiger partial charge in [-0.3, -0.25) is 38.4 Å². The van der Waals surface area contributed by atoms with Gasteiger partial charge in [0.2, 0.25) is 0 Å². The van der Waals surface area contributed by atoms with Crippen molar-refractivity contribution in [3.63, 3.8) is 0 Å². The van der Waals surface area contributed by atoms with Gasteiger partial charge >= 0.3 is 11.9 Å². The van der Waals surface area contributed by atoms with Gasteiger partial charge in [0.05, 0.1) is 35.8 Å². The number of hydrogen-bond acceptors (Lipinski definition) is 14. The zero-order chi connectivity index (χ0) is 62.1. The van der Waals surface area contributed by atoms with E-state index in [0.29, 0.717) is 48.9 Å². The van der Waals surface area contributed by atoms with Crippen molar-refractivity contribution in [2.75, 3.05) is 76.2 Å². The summed E-state index contributed by atoms with van der Waals surface area (Å²) in [5, 5.41) is 16.9. The maximum absolute atomic E-state index is 13.8. The molecule has 6 N–H and O–H groups in total. The van der Waals surface area contributed by atoms with Gasteiger partial charge in [-0.2, -0.15) is 0 Å². The second kappa shape index (κ2) is 33.4. The lowest BCUT2D eigenvalue weighted by molar-refractivity contribution is -0.138. The highest BCUT2D eigenvalue weighted by molar-refractivity contribution is 6.30. The van der Waals surface area contributed by atoms with Crippen LogP contribution < -0.4 is 31.9 Å². The zero-order valence-electron chi connectivity index (χ0n) is 49.6. The molecule has 4 aromatic carbocycles. The number of unbranched alkanes of at least 4 members (excludes halogenated alkanes) is 4. The number of nitrogens with zero attached hydrogens (tertiary/aromatic N) is 2. The number of ketones is 2. The highest BCUT2D eigenvalue weighted by Crippen LogP contribution is 2.37. The Hall–Kier alpha value is -9.14. The summed E-state index contributed by atoms with van der Waals surface area (Å²) in [6.45, 7) is 21.5. The molecule has 454 valence electrons. The van der Waals surface area contributed by atoms with Crippen molar-refractivity contribution in [2.45, 2.75) is 91.9 Å². The highest BCUT2D eigenvalue weighted by atomic mass is 16.5. The molecule has 0 unspecified atom stereocenters. The van der Waals surface area contributed by atoms with Gasteiger partial charge in [-0.25, -0.2) is 9.59 Å². The van der Waals surface area contributed by atoms with Gasteiger partial charge in [-0.15, -0.1) is 0 Å². The fraction of sp³-hybridized carbons (Fsp3) is 0.364. The molecule has 20 nitrogen and oxygen atoms in total. The molecule has 2 aliphatic rings. The molecular formula is C66H78N8O12. The second-order valence-electron chi connectivity index (χ2n) is 20.6. The number of Topliss-reactive ketones (excluding diaryl/α,β-unsaturated/α-hetero) is 2. The van der Waals surface area contributed by atoms with E-state index in [9.17, 15) is 47.9 Å². The molecule has 0 radical (unpaired) electrons. The molecule has 0 saturated heterocycles. The fourth-order valence-electron chi connectivity index (χ4n) is 9.74. The van der Waals surface area contributed by atoms with Crippen molar-refractivity contribution in [3.05, 3.63) is 166 Å². The number of benzene rings is 4. The summed E-state index contributed by atoms with van der Waals surface area (Å²) in [7, 11) is 0. The number of carbonyl (C=O) groups excluding carboxylic acids is 10. The number of hydrogen-bond donors (Lipinski definition) is 6. The molecule has 0 spiro atoms. The molecule has 6 amide bonds. The number of ether oxygens (including phenoxy) is 2. The summed E-state index contributed by atoms with van der Waals surface area (Å²) in [5.41, 5.74) is 3.06. The minimum Gasteiger partial charge on any atom is -0.463 e. The molecule has 0 bridgehead atoms. The normalized spacial score (nSPS) is 12.5. The van der Waals surface area contributed by atoms with Gasteiger partial charge in [0.25, 0.3) is 35.4 Å². The van der Waals surface area contributed by atoms with Crippen molar-refractivity contribution in [1.82, 2.24) is 31.1 Å². The minimum absolute atomic E-state index is 0.0535. The van der Waals surface area contributed by atoms with Gasteiger partial charge in [0.1, 0.15) is 0 Å². The molecular weight excluding hydrogens is 1100 g/mol. The maximum Gasteiger partial charge on any atom is 0.330 e. The summed E-state index contributed by atoms with van der Waals surface area (Å²) < 4.78 is 10.0. The lowest BCUT2D eigenvalue weighted by Crippen LogP contribution is -2.28. The maximum atomic E-state index is 13.8.